The van der Waals surface area contributed by atoms with E-state index < -0.39 is 29.2 Å². The van der Waals surface area contributed by atoms with E-state index in [4.69, 9.17) is 33.0 Å². The van der Waals surface area contributed by atoms with E-state index in [1.807, 2.05) is 0 Å². The Bertz CT molecular complexity index is 1210. The highest BCUT2D eigenvalue weighted by Gasteiger charge is 2.66. The molecule has 0 aliphatic carbocycles. The van der Waals surface area contributed by atoms with Crippen LogP contribution in [-0.4, -0.2) is 55.4 Å². The number of nitrogens with one attached hydrogen (secondary N) is 3. The van der Waals surface area contributed by atoms with E-state index in [1.54, 1.807) is 30.3 Å². The minimum Gasteiger partial charge on any atom is -0.394 e. The largest absolute Gasteiger partial charge is 0.394 e. The molecule has 0 unspecified atom stereocenters. The minimum absolute atomic E-state index is 0.0722. The number of halogens is 3. The topological polar surface area (TPSA) is 99.7 Å². The molecule has 38 heavy (non-hydrogen) atoms. The normalized spacial score (nSPS) is 24.5. The first-order chi connectivity index (χ1) is 18.0. The standard InChI is InChI=1S/C28H34Cl2FN3O4/c1-27(2,3)15-21-28(18-9-8-16(29)14-20(18)33-26(28)37)22(17-6-4-7-19(30)23(17)31)24(34-21)25(36)32-10-5-12-38-13-11-35/h4,6-9,14,21-22,24,34-35H,5,10-13,15H2,1-3H3,(H,32,36)(H,33,37)/t21-,22+,24-,28+/m1/s1. The molecule has 206 valence electrons. The van der Waals surface area contributed by atoms with Crippen LogP contribution in [0.5, 0.6) is 0 Å². The van der Waals surface area contributed by atoms with Gasteiger partial charge in [-0.05, 0) is 47.6 Å². The Kier molecular flexibility index (Phi) is 8.69. The number of aliphatic hydroxyl groups is 1. The molecule has 4 atom stereocenters. The second-order valence-electron chi connectivity index (χ2n) is 11.1. The first-order valence-corrected chi connectivity index (χ1v) is 13.5. The second kappa shape index (κ2) is 11.5. The number of hydrogen-bond acceptors (Lipinski definition) is 5. The van der Waals surface area contributed by atoms with Crippen molar-refractivity contribution in [2.24, 2.45) is 5.41 Å². The van der Waals surface area contributed by atoms with Gasteiger partial charge < -0.3 is 25.8 Å². The molecule has 10 heteroatoms. The molecule has 1 spiro atoms. The number of rotatable bonds is 9. The highest BCUT2D eigenvalue weighted by molar-refractivity contribution is 6.31. The van der Waals surface area contributed by atoms with E-state index in [2.05, 4.69) is 36.7 Å². The third-order valence-electron chi connectivity index (χ3n) is 7.22. The molecule has 2 aromatic carbocycles. The Morgan fingerprint density at radius 3 is 2.68 bits per heavy atom. The molecular weight excluding hydrogens is 532 g/mol. The third kappa shape index (κ3) is 5.42. The molecule has 1 fully saturated rings. The average Bonchev–Trinajstić information content (AvgIpc) is 3.31. The van der Waals surface area contributed by atoms with E-state index in [0.717, 1.165) is 0 Å². The van der Waals surface area contributed by atoms with Crippen molar-refractivity contribution in [1.29, 1.82) is 0 Å². The van der Waals surface area contributed by atoms with Crippen LogP contribution in [0.15, 0.2) is 36.4 Å². The summed E-state index contributed by atoms with van der Waals surface area (Å²) >= 11 is 12.5. The summed E-state index contributed by atoms with van der Waals surface area (Å²) in [6.07, 6.45) is 1.08. The van der Waals surface area contributed by atoms with E-state index in [-0.39, 0.29) is 41.0 Å². The Morgan fingerprint density at radius 2 is 1.97 bits per heavy atom. The number of fused-ring (bicyclic) bond motifs is 2. The highest BCUT2D eigenvalue weighted by atomic mass is 35.5. The van der Waals surface area contributed by atoms with Gasteiger partial charge in [0.15, 0.2) is 0 Å². The quantitative estimate of drug-likeness (QED) is 0.338. The van der Waals surface area contributed by atoms with E-state index in [9.17, 15) is 9.59 Å². The molecule has 2 aliphatic rings. The fraction of sp³-hybridized carbons (Fsp3) is 0.500. The lowest BCUT2D eigenvalue weighted by molar-refractivity contribution is -0.123. The number of benzene rings is 2. The maximum atomic E-state index is 15.7. The molecule has 7 nitrogen and oxygen atoms in total. The van der Waals surface area contributed by atoms with Crippen LogP contribution in [0.4, 0.5) is 10.1 Å². The van der Waals surface area contributed by atoms with Gasteiger partial charge in [-0.25, -0.2) is 4.39 Å². The van der Waals surface area contributed by atoms with Crippen molar-refractivity contribution in [3.05, 3.63) is 63.4 Å². The number of hydrogen-bond donors (Lipinski definition) is 4. The summed E-state index contributed by atoms with van der Waals surface area (Å²) in [6.45, 7) is 7.04. The Balaban J connectivity index is 1.82. The smallest absolute Gasteiger partial charge is 0.237 e. The molecule has 0 saturated carbocycles. The summed E-state index contributed by atoms with van der Waals surface area (Å²) in [6, 6.07) is 8.46. The second-order valence-corrected chi connectivity index (χ2v) is 11.9. The summed E-state index contributed by atoms with van der Waals surface area (Å²) < 4.78 is 21.0. The van der Waals surface area contributed by atoms with Gasteiger partial charge in [0.25, 0.3) is 0 Å². The third-order valence-corrected chi connectivity index (χ3v) is 7.75. The molecule has 2 amide bonds. The summed E-state index contributed by atoms with van der Waals surface area (Å²) in [5.41, 5.74) is -0.0768. The lowest BCUT2D eigenvalue weighted by Gasteiger charge is -2.37. The van der Waals surface area contributed by atoms with Gasteiger partial charge in [-0.1, -0.05) is 62.2 Å². The monoisotopic (exact) mass is 565 g/mol. The van der Waals surface area contributed by atoms with Gasteiger partial charge in [0.2, 0.25) is 11.8 Å². The summed E-state index contributed by atoms with van der Waals surface area (Å²) in [7, 11) is 0. The maximum absolute atomic E-state index is 15.7. The Hall–Kier alpha value is -2.23. The average molecular weight is 567 g/mol. The number of ether oxygens (including phenoxy) is 1. The van der Waals surface area contributed by atoms with Crippen molar-refractivity contribution in [2.75, 3.05) is 31.7 Å². The Labute approximate surface area is 232 Å². The summed E-state index contributed by atoms with van der Waals surface area (Å²) in [4.78, 5) is 27.7. The molecular formula is C28H34Cl2FN3O4. The molecule has 0 bridgehead atoms. The zero-order valence-electron chi connectivity index (χ0n) is 21.7. The van der Waals surface area contributed by atoms with Crippen molar-refractivity contribution in [3.8, 4) is 0 Å². The lowest BCUT2D eigenvalue weighted by atomic mass is 9.62. The first-order valence-electron chi connectivity index (χ1n) is 12.8. The van der Waals surface area contributed by atoms with E-state index >= 15 is 4.39 Å². The van der Waals surface area contributed by atoms with Crippen LogP contribution in [0.1, 0.15) is 50.7 Å². The van der Waals surface area contributed by atoms with Crippen molar-refractivity contribution < 1.29 is 23.8 Å². The lowest BCUT2D eigenvalue weighted by Crippen LogP contribution is -2.49. The minimum atomic E-state index is -1.29. The SMILES string of the molecule is CC(C)(C)C[C@H]1N[C@@H](C(=O)NCCCOCCO)[C@H](c2cccc(Cl)c2F)[C@@]12C(=O)Nc1cc(Cl)ccc12. The molecule has 2 aliphatic heterocycles. The van der Waals surface area contributed by atoms with Crippen molar-refractivity contribution in [3.63, 3.8) is 0 Å². The maximum Gasteiger partial charge on any atom is 0.237 e. The van der Waals surface area contributed by atoms with Gasteiger partial charge in [0.05, 0.1) is 24.3 Å². The van der Waals surface area contributed by atoms with Crippen LogP contribution in [-0.2, 0) is 19.7 Å². The van der Waals surface area contributed by atoms with E-state index in [1.165, 1.54) is 6.07 Å². The predicted molar refractivity (Wildman–Crippen MR) is 146 cm³/mol. The van der Waals surface area contributed by atoms with Gasteiger partial charge in [-0.3, -0.25) is 9.59 Å². The summed E-state index contributed by atoms with van der Waals surface area (Å²) in [5.74, 6) is -2.19. The molecule has 4 N–H and O–H groups in total. The molecule has 1 saturated heterocycles. The number of carbonyl (C=O) groups excluding carboxylic acids is 2. The van der Waals surface area contributed by atoms with Gasteiger partial charge in [-0.15, -0.1) is 0 Å². The van der Waals surface area contributed by atoms with Gasteiger partial charge >= 0.3 is 0 Å². The van der Waals surface area contributed by atoms with Crippen LogP contribution in [0.3, 0.4) is 0 Å². The molecule has 0 aromatic heterocycles. The van der Waals surface area contributed by atoms with Crippen molar-refractivity contribution in [1.82, 2.24) is 10.6 Å². The van der Waals surface area contributed by atoms with Crippen molar-refractivity contribution in [2.45, 2.75) is 57.0 Å². The number of carbonyl (C=O) groups is 2. The van der Waals surface area contributed by atoms with Gasteiger partial charge in [0.1, 0.15) is 11.2 Å². The van der Waals surface area contributed by atoms with Crippen molar-refractivity contribution >= 4 is 40.7 Å². The van der Waals surface area contributed by atoms with Crippen LogP contribution in [0, 0.1) is 11.2 Å². The zero-order chi connectivity index (χ0) is 27.7. The van der Waals surface area contributed by atoms with Crippen LogP contribution < -0.4 is 16.0 Å². The van der Waals surface area contributed by atoms with E-state index in [0.29, 0.717) is 42.3 Å². The van der Waals surface area contributed by atoms with Gasteiger partial charge in [0, 0.05) is 35.8 Å². The number of anilines is 1. The van der Waals surface area contributed by atoms with Crippen LogP contribution >= 0.6 is 23.2 Å². The Morgan fingerprint density at radius 1 is 1.21 bits per heavy atom. The number of amides is 2. The molecule has 4 rings (SSSR count). The molecule has 0 radical (unpaired) electrons. The summed E-state index contributed by atoms with van der Waals surface area (Å²) in [5, 5.41) is 18.6. The zero-order valence-corrected chi connectivity index (χ0v) is 23.3. The predicted octanol–water partition coefficient (Wildman–Crippen LogP) is 4.40. The van der Waals surface area contributed by atoms with Crippen LogP contribution in [0.25, 0.3) is 0 Å². The fourth-order valence-electron chi connectivity index (χ4n) is 5.81. The number of aliphatic hydroxyl groups excluding tert-OH is 1. The molecule has 2 aromatic rings. The first kappa shape index (κ1) is 28.8. The molecule has 2 heterocycles. The highest BCUT2D eigenvalue weighted by Crippen LogP contribution is 2.57. The van der Waals surface area contributed by atoms with Crippen LogP contribution in [0.2, 0.25) is 10.0 Å². The van der Waals surface area contributed by atoms with Gasteiger partial charge in [-0.2, -0.15) is 0 Å². The fourth-order valence-corrected chi connectivity index (χ4v) is 6.17.